The Bertz CT molecular complexity index is 251. The van der Waals surface area contributed by atoms with Gasteiger partial charge in [-0.2, -0.15) is 0 Å². The summed E-state index contributed by atoms with van der Waals surface area (Å²) in [6.45, 7) is 2.44. The van der Waals surface area contributed by atoms with Crippen LogP contribution in [-0.4, -0.2) is 36.6 Å². The SMILES string of the molecule is NCC1CCCN(C(=O)NC2CCCCC2)C1. The van der Waals surface area contributed by atoms with E-state index in [1.807, 2.05) is 4.90 Å². The van der Waals surface area contributed by atoms with Gasteiger partial charge < -0.3 is 16.0 Å². The number of amides is 2. The molecule has 4 nitrogen and oxygen atoms in total. The van der Waals surface area contributed by atoms with E-state index in [1.54, 1.807) is 0 Å². The number of nitrogens with two attached hydrogens (primary N) is 1. The van der Waals surface area contributed by atoms with E-state index in [0.29, 0.717) is 18.5 Å². The highest BCUT2D eigenvalue weighted by Crippen LogP contribution is 2.19. The highest BCUT2D eigenvalue weighted by Gasteiger charge is 2.24. The Balaban J connectivity index is 1.78. The third-order valence-corrected chi connectivity index (χ3v) is 4.07. The number of carbonyl (C=O) groups is 1. The zero-order valence-electron chi connectivity index (χ0n) is 10.7. The number of likely N-dealkylation sites (tertiary alicyclic amines) is 1. The molecule has 1 aliphatic carbocycles. The number of carbonyl (C=O) groups excluding carboxylic acids is 1. The van der Waals surface area contributed by atoms with Crippen LogP contribution < -0.4 is 11.1 Å². The Kier molecular flexibility index (Phi) is 4.66. The van der Waals surface area contributed by atoms with Crippen LogP contribution in [0.4, 0.5) is 4.79 Å². The second-order valence-corrected chi connectivity index (χ2v) is 5.47. The van der Waals surface area contributed by atoms with E-state index in [0.717, 1.165) is 32.4 Å². The average Bonchev–Trinajstić information content (AvgIpc) is 2.40. The first kappa shape index (κ1) is 12.7. The Labute approximate surface area is 104 Å². The quantitative estimate of drug-likeness (QED) is 0.770. The van der Waals surface area contributed by atoms with Gasteiger partial charge in [0.05, 0.1) is 0 Å². The summed E-state index contributed by atoms with van der Waals surface area (Å²) < 4.78 is 0. The van der Waals surface area contributed by atoms with Crippen molar-refractivity contribution >= 4 is 6.03 Å². The molecule has 0 spiro atoms. The van der Waals surface area contributed by atoms with E-state index in [2.05, 4.69) is 5.32 Å². The summed E-state index contributed by atoms with van der Waals surface area (Å²) >= 11 is 0. The van der Waals surface area contributed by atoms with Crippen LogP contribution in [0.2, 0.25) is 0 Å². The van der Waals surface area contributed by atoms with Gasteiger partial charge in [0.2, 0.25) is 0 Å². The second-order valence-electron chi connectivity index (χ2n) is 5.47. The zero-order valence-corrected chi connectivity index (χ0v) is 10.7. The molecule has 2 aliphatic rings. The molecule has 0 aromatic rings. The largest absolute Gasteiger partial charge is 0.335 e. The van der Waals surface area contributed by atoms with Gasteiger partial charge in [0.1, 0.15) is 0 Å². The molecule has 1 unspecified atom stereocenters. The summed E-state index contributed by atoms with van der Waals surface area (Å²) in [5.74, 6) is 0.501. The molecule has 1 atom stereocenters. The minimum absolute atomic E-state index is 0.134. The number of nitrogens with zero attached hydrogens (tertiary/aromatic N) is 1. The van der Waals surface area contributed by atoms with Crippen molar-refractivity contribution in [2.24, 2.45) is 11.7 Å². The normalized spacial score (nSPS) is 26.9. The molecule has 0 bridgehead atoms. The first-order valence-electron chi connectivity index (χ1n) is 7.05. The summed E-state index contributed by atoms with van der Waals surface area (Å²) in [4.78, 5) is 14.1. The second kappa shape index (κ2) is 6.24. The summed E-state index contributed by atoms with van der Waals surface area (Å²) in [5.41, 5.74) is 5.69. The van der Waals surface area contributed by atoms with Crippen LogP contribution in [0.1, 0.15) is 44.9 Å². The van der Waals surface area contributed by atoms with E-state index >= 15 is 0 Å². The Morgan fingerprint density at radius 3 is 2.65 bits per heavy atom. The van der Waals surface area contributed by atoms with Crippen LogP contribution in [0.5, 0.6) is 0 Å². The molecule has 17 heavy (non-hydrogen) atoms. The van der Waals surface area contributed by atoms with Crippen molar-refractivity contribution < 1.29 is 4.79 Å². The molecule has 2 amide bonds. The van der Waals surface area contributed by atoms with Crippen LogP contribution in [0, 0.1) is 5.92 Å². The van der Waals surface area contributed by atoms with Crippen LogP contribution in [0.3, 0.4) is 0 Å². The Hall–Kier alpha value is -0.770. The molecule has 3 N–H and O–H groups in total. The van der Waals surface area contributed by atoms with Crippen molar-refractivity contribution in [2.45, 2.75) is 51.0 Å². The number of urea groups is 1. The summed E-state index contributed by atoms with van der Waals surface area (Å²) in [6.07, 6.45) is 8.42. The molecular weight excluding hydrogens is 214 g/mol. The summed E-state index contributed by atoms with van der Waals surface area (Å²) in [7, 11) is 0. The monoisotopic (exact) mass is 239 g/mol. The summed E-state index contributed by atoms with van der Waals surface area (Å²) in [5, 5.41) is 3.18. The lowest BCUT2D eigenvalue weighted by atomic mass is 9.95. The lowest BCUT2D eigenvalue weighted by Gasteiger charge is -2.34. The predicted molar refractivity (Wildman–Crippen MR) is 68.8 cm³/mol. The van der Waals surface area contributed by atoms with Crippen molar-refractivity contribution in [1.82, 2.24) is 10.2 Å². The fourth-order valence-electron chi connectivity index (χ4n) is 2.95. The average molecular weight is 239 g/mol. The van der Waals surface area contributed by atoms with Crippen molar-refractivity contribution in [3.05, 3.63) is 0 Å². The molecule has 1 saturated heterocycles. The molecule has 2 fully saturated rings. The maximum atomic E-state index is 12.1. The van der Waals surface area contributed by atoms with Crippen LogP contribution in [0.25, 0.3) is 0 Å². The third-order valence-electron chi connectivity index (χ3n) is 4.07. The van der Waals surface area contributed by atoms with E-state index in [-0.39, 0.29) is 6.03 Å². The van der Waals surface area contributed by atoms with E-state index < -0.39 is 0 Å². The molecule has 1 aliphatic heterocycles. The lowest BCUT2D eigenvalue weighted by molar-refractivity contribution is 0.161. The number of hydrogen-bond donors (Lipinski definition) is 2. The fraction of sp³-hybridized carbons (Fsp3) is 0.923. The van der Waals surface area contributed by atoms with Gasteiger partial charge >= 0.3 is 6.03 Å². The van der Waals surface area contributed by atoms with Crippen LogP contribution >= 0.6 is 0 Å². The van der Waals surface area contributed by atoms with Crippen molar-refractivity contribution in [3.63, 3.8) is 0 Å². The fourth-order valence-corrected chi connectivity index (χ4v) is 2.95. The number of piperidine rings is 1. The van der Waals surface area contributed by atoms with E-state index in [9.17, 15) is 4.79 Å². The van der Waals surface area contributed by atoms with Gasteiger partial charge in [-0.3, -0.25) is 0 Å². The van der Waals surface area contributed by atoms with E-state index in [1.165, 1.54) is 25.7 Å². The van der Waals surface area contributed by atoms with Gasteiger partial charge in [-0.1, -0.05) is 19.3 Å². The maximum absolute atomic E-state index is 12.1. The Morgan fingerprint density at radius 2 is 1.94 bits per heavy atom. The highest BCUT2D eigenvalue weighted by atomic mass is 16.2. The molecule has 0 radical (unpaired) electrons. The maximum Gasteiger partial charge on any atom is 0.317 e. The predicted octanol–water partition coefficient (Wildman–Crippen LogP) is 1.70. The first-order valence-corrected chi connectivity index (χ1v) is 7.05. The lowest BCUT2D eigenvalue weighted by Crippen LogP contribution is -2.49. The first-order chi connectivity index (χ1) is 8.29. The standard InChI is InChI=1S/C13H25N3O/c14-9-11-5-4-8-16(10-11)13(17)15-12-6-2-1-3-7-12/h11-12H,1-10,14H2,(H,15,17). The molecule has 1 saturated carbocycles. The van der Waals surface area contributed by atoms with Crippen molar-refractivity contribution in [1.29, 1.82) is 0 Å². The Morgan fingerprint density at radius 1 is 1.18 bits per heavy atom. The number of rotatable bonds is 2. The molecule has 4 heteroatoms. The van der Waals surface area contributed by atoms with Gasteiger partial charge in [0, 0.05) is 19.1 Å². The smallest absolute Gasteiger partial charge is 0.317 e. The molecule has 2 rings (SSSR count). The van der Waals surface area contributed by atoms with Crippen LogP contribution in [0.15, 0.2) is 0 Å². The van der Waals surface area contributed by atoms with Crippen molar-refractivity contribution in [2.75, 3.05) is 19.6 Å². The highest BCUT2D eigenvalue weighted by molar-refractivity contribution is 5.74. The van der Waals surface area contributed by atoms with Gasteiger partial charge in [0.15, 0.2) is 0 Å². The molecule has 1 heterocycles. The third kappa shape index (κ3) is 3.60. The van der Waals surface area contributed by atoms with Gasteiger partial charge in [-0.15, -0.1) is 0 Å². The summed E-state index contributed by atoms with van der Waals surface area (Å²) in [6, 6.07) is 0.546. The van der Waals surface area contributed by atoms with Gasteiger partial charge in [-0.05, 0) is 38.1 Å². The van der Waals surface area contributed by atoms with Crippen molar-refractivity contribution in [3.8, 4) is 0 Å². The molecule has 0 aromatic heterocycles. The zero-order chi connectivity index (χ0) is 12.1. The molecular formula is C13H25N3O. The van der Waals surface area contributed by atoms with Gasteiger partial charge in [0.25, 0.3) is 0 Å². The van der Waals surface area contributed by atoms with Crippen LogP contribution in [-0.2, 0) is 0 Å². The molecule has 98 valence electrons. The minimum atomic E-state index is 0.134. The number of hydrogen-bond acceptors (Lipinski definition) is 2. The van der Waals surface area contributed by atoms with Gasteiger partial charge in [-0.25, -0.2) is 4.79 Å². The van der Waals surface area contributed by atoms with E-state index in [4.69, 9.17) is 5.73 Å². The number of nitrogens with one attached hydrogen (secondary N) is 1. The minimum Gasteiger partial charge on any atom is -0.335 e. The topological polar surface area (TPSA) is 58.4 Å². The molecule has 0 aromatic carbocycles.